The number of benzene rings is 1. The molecule has 1 aromatic heterocycles. The van der Waals surface area contributed by atoms with Gasteiger partial charge in [-0.2, -0.15) is 5.10 Å². The van der Waals surface area contributed by atoms with Gasteiger partial charge in [-0.1, -0.05) is 37.3 Å². The zero-order chi connectivity index (χ0) is 15.6. The van der Waals surface area contributed by atoms with Gasteiger partial charge in [0.15, 0.2) is 5.96 Å². The molecule has 118 valence electrons. The van der Waals surface area contributed by atoms with E-state index in [2.05, 4.69) is 52.9 Å². The Morgan fingerprint density at radius 3 is 2.68 bits per heavy atom. The van der Waals surface area contributed by atoms with Gasteiger partial charge in [0.05, 0.1) is 19.3 Å². The molecule has 2 aromatic rings. The van der Waals surface area contributed by atoms with E-state index < -0.39 is 0 Å². The molecule has 0 spiro atoms. The molecule has 2 N–H and O–H groups in total. The molecule has 0 aliphatic carbocycles. The van der Waals surface area contributed by atoms with Crippen LogP contribution in [0.2, 0.25) is 0 Å². The van der Waals surface area contributed by atoms with E-state index in [1.807, 2.05) is 29.1 Å². The van der Waals surface area contributed by atoms with Crippen LogP contribution in [0.4, 0.5) is 0 Å². The van der Waals surface area contributed by atoms with Crippen molar-refractivity contribution in [3.05, 3.63) is 53.9 Å². The molecular formula is C17H25N5. The molecule has 2 rings (SSSR count). The second-order valence-electron chi connectivity index (χ2n) is 5.15. The van der Waals surface area contributed by atoms with Gasteiger partial charge in [-0.25, -0.2) is 4.99 Å². The minimum absolute atomic E-state index is 0.633. The predicted octanol–water partition coefficient (Wildman–Crippen LogP) is 2.40. The number of guanidine groups is 1. The number of nitrogens with one attached hydrogen (secondary N) is 2. The van der Waals surface area contributed by atoms with E-state index in [4.69, 9.17) is 0 Å². The molecule has 0 radical (unpaired) electrons. The van der Waals surface area contributed by atoms with Crippen LogP contribution in [0.1, 0.15) is 31.4 Å². The number of nitrogens with zero attached hydrogens (tertiary/aromatic N) is 3. The van der Waals surface area contributed by atoms with E-state index in [1.54, 1.807) is 0 Å². The third-order valence-electron chi connectivity index (χ3n) is 3.18. The second kappa shape index (κ2) is 8.87. The number of rotatable bonds is 7. The molecule has 0 aliphatic rings. The Morgan fingerprint density at radius 2 is 1.95 bits per heavy atom. The summed E-state index contributed by atoms with van der Waals surface area (Å²) >= 11 is 0. The first-order chi connectivity index (χ1) is 10.8. The molecule has 0 atom stereocenters. The van der Waals surface area contributed by atoms with Gasteiger partial charge in [-0.15, -0.1) is 0 Å². The molecular weight excluding hydrogens is 274 g/mol. The first-order valence-corrected chi connectivity index (χ1v) is 7.89. The fourth-order valence-corrected chi connectivity index (χ4v) is 2.10. The minimum atomic E-state index is 0.633. The third-order valence-corrected chi connectivity index (χ3v) is 3.18. The van der Waals surface area contributed by atoms with E-state index in [1.165, 1.54) is 5.56 Å². The highest BCUT2D eigenvalue weighted by molar-refractivity contribution is 5.79. The summed E-state index contributed by atoms with van der Waals surface area (Å²) in [7, 11) is 0. The quantitative estimate of drug-likeness (QED) is 0.610. The maximum Gasteiger partial charge on any atom is 0.191 e. The van der Waals surface area contributed by atoms with Crippen LogP contribution in [-0.2, 0) is 13.1 Å². The monoisotopic (exact) mass is 299 g/mol. The number of aliphatic imine (C=N–C) groups is 1. The maximum absolute atomic E-state index is 4.58. The number of hydrogen-bond donors (Lipinski definition) is 2. The molecule has 22 heavy (non-hydrogen) atoms. The second-order valence-corrected chi connectivity index (χ2v) is 5.15. The molecule has 5 nitrogen and oxygen atoms in total. The molecule has 0 unspecified atom stereocenters. The molecule has 0 bridgehead atoms. The van der Waals surface area contributed by atoms with Gasteiger partial charge in [0.25, 0.3) is 0 Å². The lowest BCUT2D eigenvalue weighted by molar-refractivity contribution is 0.686. The fraction of sp³-hybridized carbons (Fsp3) is 0.412. The van der Waals surface area contributed by atoms with Crippen molar-refractivity contribution in [1.29, 1.82) is 0 Å². The molecule has 1 aromatic carbocycles. The van der Waals surface area contributed by atoms with Crippen LogP contribution >= 0.6 is 0 Å². The minimum Gasteiger partial charge on any atom is -0.357 e. The zero-order valence-corrected chi connectivity index (χ0v) is 13.4. The van der Waals surface area contributed by atoms with Crippen LogP contribution in [0.15, 0.2) is 47.7 Å². The molecule has 0 saturated heterocycles. The lowest BCUT2D eigenvalue weighted by Gasteiger charge is -2.09. The molecule has 1 heterocycles. The summed E-state index contributed by atoms with van der Waals surface area (Å²) in [4.78, 5) is 4.58. The number of hydrogen-bond acceptors (Lipinski definition) is 2. The Balaban J connectivity index is 1.93. The molecule has 0 aliphatic heterocycles. The molecule has 0 fully saturated rings. The van der Waals surface area contributed by atoms with E-state index >= 15 is 0 Å². The van der Waals surface area contributed by atoms with Crippen LogP contribution in [0.25, 0.3) is 0 Å². The lowest BCUT2D eigenvalue weighted by atomic mass is 10.2. The standard InChI is InChI=1S/C17H25N5/c1-3-10-19-17(18-4-2)20-11-16-12-21-22(14-16)13-15-8-6-5-7-9-15/h5-9,12,14H,3-4,10-11,13H2,1-2H3,(H2,18,19,20). The smallest absolute Gasteiger partial charge is 0.191 e. The van der Waals surface area contributed by atoms with Gasteiger partial charge < -0.3 is 10.6 Å². The highest BCUT2D eigenvalue weighted by atomic mass is 15.3. The van der Waals surface area contributed by atoms with E-state index in [0.29, 0.717) is 6.54 Å². The van der Waals surface area contributed by atoms with Gasteiger partial charge in [0.2, 0.25) is 0 Å². The van der Waals surface area contributed by atoms with Gasteiger partial charge in [0.1, 0.15) is 0 Å². The van der Waals surface area contributed by atoms with Crippen LogP contribution in [0, 0.1) is 0 Å². The zero-order valence-electron chi connectivity index (χ0n) is 13.4. The summed E-state index contributed by atoms with van der Waals surface area (Å²) < 4.78 is 1.95. The Labute approximate surface area is 132 Å². The van der Waals surface area contributed by atoms with Gasteiger partial charge in [-0.3, -0.25) is 4.68 Å². The number of aromatic nitrogens is 2. The first kappa shape index (κ1) is 16.1. The van der Waals surface area contributed by atoms with Crippen LogP contribution in [0.5, 0.6) is 0 Å². The summed E-state index contributed by atoms with van der Waals surface area (Å²) in [5.41, 5.74) is 2.36. The van der Waals surface area contributed by atoms with Crippen molar-refractivity contribution in [3.63, 3.8) is 0 Å². The average Bonchev–Trinajstić information content (AvgIpc) is 2.98. The van der Waals surface area contributed by atoms with Gasteiger partial charge in [0, 0.05) is 24.8 Å². The molecule has 5 heteroatoms. The fourth-order valence-electron chi connectivity index (χ4n) is 2.10. The van der Waals surface area contributed by atoms with Crippen LogP contribution < -0.4 is 10.6 Å². The summed E-state index contributed by atoms with van der Waals surface area (Å²) in [6.07, 6.45) is 5.02. The SMILES string of the molecule is CCCNC(=NCc1cnn(Cc2ccccc2)c1)NCC. The normalized spacial score (nSPS) is 11.5. The third kappa shape index (κ3) is 5.24. The molecule has 0 saturated carbocycles. The van der Waals surface area contributed by atoms with Crippen molar-refractivity contribution in [2.45, 2.75) is 33.4 Å². The summed E-state index contributed by atoms with van der Waals surface area (Å²) in [6, 6.07) is 10.3. The van der Waals surface area contributed by atoms with E-state index in [9.17, 15) is 0 Å². The van der Waals surface area contributed by atoms with E-state index in [-0.39, 0.29) is 0 Å². The first-order valence-electron chi connectivity index (χ1n) is 7.89. The highest BCUT2D eigenvalue weighted by Gasteiger charge is 2.01. The lowest BCUT2D eigenvalue weighted by Crippen LogP contribution is -2.37. The van der Waals surface area contributed by atoms with Crippen LogP contribution in [0.3, 0.4) is 0 Å². The van der Waals surface area contributed by atoms with Gasteiger partial charge >= 0.3 is 0 Å². The molecule has 0 amide bonds. The van der Waals surface area contributed by atoms with Gasteiger partial charge in [-0.05, 0) is 18.9 Å². The van der Waals surface area contributed by atoms with Crippen molar-refractivity contribution < 1.29 is 0 Å². The average molecular weight is 299 g/mol. The van der Waals surface area contributed by atoms with Crippen LogP contribution in [-0.4, -0.2) is 28.8 Å². The van der Waals surface area contributed by atoms with Crippen molar-refractivity contribution in [2.75, 3.05) is 13.1 Å². The predicted molar refractivity (Wildman–Crippen MR) is 90.9 cm³/mol. The highest BCUT2D eigenvalue weighted by Crippen LogP contribution is 2.05. The largest absolute Gasteiger partial charge is 0.357 e. The summed E-state index contributed by atoms with van der Waals surface area (Å²) in [5.74, 6) is 0.861. The summed E-state index contributed by atoms with van der Waals surface area (Å²) in [5, 5.41) is 10.9. The van der Waals surface area contributed by atoms with Crippen molar-refractivity contribution in [1.82, 2.24) is 20.4 Å². The van der Waals surface area contributed by atoms with Crippen molar-refractivity contribution in [2.24, 2.45) is 4.99 Å². The van der Waals surface area contributed by atoms with Crippen molar-refractivity contribution >= 4 is 5.96 Å². The van der Waals surface area contributed by atoms with Crippen molar-refractivity contribution in [3.8, 4) is 0 Å². The topological polar surface area (TPSA) is 54.2 Å². The maximum atomic E-state index is 4.58. The van der Waals surface area contributed by atoms with E-state index in [0.717, 1.165) is 37.6 Å². The Kier molecular flexibility index (Phi) is 6.48. The Morgan fingerprint density at radius 1 is 1.14 bits per heavy atom. The Bertz CT molecular complexity index is 574. The summed E-state index contributed by atoms with van der Waals surface area (Å²) in [6.45, 7) is 7.43. The Hall–Kier alpha value is -2.30.